The van der Waals surface area contributed by atoms with Gasteiger partial charge in [-0.2, -0.15) is 0 Å². The second-order valence-electron chi connectivity index (χ2n) is 5.33. The molecule has 4 aromatic rings. The zero-order chi connectivity index (χ0) is 17.1. The number of furan rings is 1. The first-order valence-electron chi connectivity index (χ1n) is 7.85. The molecule has 0 atom stereocenters. The van der Waals surface area contributed by atoms with Gasteiger partial charge in [0.2, 0.25) is 0 Å². The summed E-state index contributed by atoms with van der Waals surface area (Å²) in [6, 6.07) is 12.1. The Balaban J connectivity index is 1.41. The van der Waals surface area contributed by atoms with Crippen molar-refractivity contribution in [3.63, 3.8) is 0 Å². The highest BCUT2D eigenvalue weighted by molar-refractivity contribution is 7.98. The molecule has 0 N–H and O–H groups in total. The predicted octanol–water partition coefficient (Wildman–Crippen LogP) is 5.31. The van der Waals surface area contributed by atoms with Crippen molar-refractivity contribution >= 4 is 23.1 Å². The lowest BCUT2D eigenvalue weighted by Crippen LogP contribution is -1.83. The molecule has 25 heavy (non-hydrogen) atoms. The van der Waals surface area contributed by atoms with Gasteiger partial charge < -0.3 is 8.83 Å². The summed E-state index contributed by atoms with van der Waals surface area (Å²) in [6.45, 7) is 2.16. The first-order valence-corrected chi connectivity index (χ1v) is 9.72. The van der Waals surface area contributed by atoms with Crippen LogP contribution in [-0.2, 0) is 12.2 Å². The molecule has 3 aromatic heterocycles. The maximum absolute atomic E-state index is 5.59. The molecule has 0 aliphatic heterocycles. The van der Waals surface area contributed by atoms with Gasteiger partial charge in [0.25, 0.3) is 11.1 Å². The SMILES string of the molecule is CCc1ccc(-c2nc(CSc3nnc(-c4ccco4)o3)cs2)cc1. The summed E-state index contributed by atoms with van der Waals surface area (Å²) in [7, 11) is 0. The molecule has 0 saturated heterocycles. The summed E-state index contributed by atoms with van der Waals surface area (Å²) in [5.74, 6) is 1.65. The van der Waals surface area contributed by atoms with E-state index in [4.69, 9.17) is 13.8 Å². The van der Waals surface area contributed by atoms with Gasteiger partial charge in [-0.25, -0.2) is 4.98 Å². The normalized spacial score (nSPS) is 11.1. The second-order valence-corrected chi connectivity index (χ2v) is 7.12. The second kappa shape index (κ2) is 7.25. The number of thioether (sulfide) groups is 1. The summed E-state index contributed by atoms with van der Waals surface area (Å²) in [5, 5.41) is 11.6. The minimum absolute atomic E-state index is 0.391. The van der Waals surface area contributed by atoms with Crippen LogP contribution in [0, 0.1) is 0 Å². The van der Waals surface area contributed by atoms with Gasteiger partial charge in [0.1, 0.15) is 5.01 Å². The molecule has 7 heteroatoms. The third-order valence-corrected chi connectivity index (χ3v) is 5.44. The fraction of sp³-hybridized carbons (Fsp3) is 0.167. The van der Waals surface area contributed by atoms with E-state index in [0.29, 0.717) is 22.6 Å². The summed E-state index contributed by atoms with van der Waals surface area (Å²) in [4.78, 5) is 4.70. The molecule has 0 spiro atoms. The molecule has 0 bridgehead atoms. The van der Waals surface area contributed by atoms with Gasteiger partial charge in [-0.1, -0.05) is 43.0 Å². The van der Waals surface area contributed by atoms with Crippen LogP contribution >= 0.6 is 23.1 Å². The number of nitrogens with zero attached hydrogens (tertiary/aromatic N) is 3. The third-order valence-electron chi connectivity index (χ3n) is 3.64. The fourth-order valence-corrected chi connectivity index (χ4v) is 3.88. The Morgan fingerprint density at radius 1 is 1.12 bits per heavy atom. The summed E-state index contributed by atoms with van der Waals surface area (Å²) < 4.78 is 10.8. The van der Waals surface area contributed by atoms with Gasteiger partial charge in [-0.15, -0.1) is 21.5 Å². The number of thiazole rings is 1. The van der Waals surface area contributed by atoms with Gasteiger partial charge in [0, 0.05) is 16.7 Å². The van der Waals surface area contributed by atoms with E-state index in [0.717, 1.165) is 22.7 Å². The topological polar surface area (TPSA) is 65.0 Å². The zero-order valence-electron chi connectivity index (χ0n) is 13.5. The molecule has 126 valence electrons. The van der Waals surface area contributed by atoms with Crippen molar-refractivity contribution in [1.82, 2.24) is 15.2 Å². The Bertz CT molecular complexity index is 943. The summed E-state index contributed by atoms with van der Waals surface area (Å²) in [6.07, 6.45) is 2.63. The molecular weight excluding hydrogens is 354 g/mol. The number of aryl methyl sites for hydroxylation is 1. The Morgan fingerprint density at radius 2 is 2.00 bits per heavy atom. The van der Waals surface area contributed by atoms with Crippen LogP contribution in [0.15, 0.2) is 62.1 Å². The van der Waals surface area contributed by atoms with Crippen LogP contribution in [0.2, 0.25) is 0 Å². The van der Waals surface area contributed by atoms with Crippen molar-refractivity contribution in [1.29, 1.82) is 0 Å². The number of hydrogen-bond acceptors (Lipinski definition) is 7. The molecule has 0 saturated carbocycles. The maximum Gasteiger partial charge on any atom is 0.284 e. The number of benzene rings is 1. The van der Waals surface area contributed by atoms with Crippen LogP contribution < -0.4 is 0 Å². The predicted molar refractivity (Wildman–Crippen MR) is 98.5 cm³/mol. The minimum atomic E-state index is 0.391. The molecule has 0 aliphatic carbocycles. The largest absolute Gasteiger partial charge is 0.459 e. The molecule has 0 radical (unpaired) electrons. The average molecular weight is 369 g/mol. The lowest BCUT2D eigenvalue weighted by molar-refractivity contribution is 0.447. The van der Waals surface area contributed by atoms with E-state index >= 15 is 0 Å². The summed E-state index contributed by atoms with van der Waals surface area (Å²) >= 11 is 3.12. The van der Waals surface area contributed by atoms with Gasteiger partial charge in [0.15, 0.2) is 5.76 Å². The van der Waals surface area contributed by atoms with Gasteiger partial charge in [0.05, 0.1) is 12.0 Å². The standard InChI is InChI=1S/C18H15N3O2S2/c1-2-12-5-7-13(8-6-12)17-19-14(10-24-17)11-25-18-21-20-16(23-18)15-4-3-9-22-15/h3-10H,2,11H2,1H3. The Morgan fingerprint density at radius 3 is 2.76 bits per heavy atom. The quantitative estimate of drug-likeness (QED) is 0.429. The maximum atomic E-state index is 5.59. The fourth-order valence-electron chi connectivity index (χ4n) is 2.29. The van der Waals surface area contributed by atoms with Crippen molar-refractivity contribution in [2.75, 3.05) is 0 Å². The molecule has 0 fully saturated rings. The first-order chi connectivity index (χ1) is 12.3. The number of aromatic nitrogens is 3. The highest BCUT2D eigenvalue weighted by Crippen LogP contribution is 2.29. The van der Waals surface area contributed by atoms with E-state index in [2.05, 4.69) is 46.8 Å². The van der Waals surface area contributed by atoms with Crippen LogP contribution in [0.3, 0.4) is 0 Å². The molecule has 0 amide bonds. The van der Waals surface area contributed by atoms with E-state index < -0.39 is 0 Å². The van der Waals surface area contributed by atoms with Gasteiger partial charge in [-0.3, -0.25) is 0 Å². The van der Waals surface area contributed by atoms with Crippen molar-refractivity contribution in [2.24, 2.45) is 0 Å². The highest BCUT2D eigenvalue weighted by atomic mass is 32.2. The van der Waals surface area contributed by atoms with Crippen LogP contribution in [0.5, 0.6) is 0 Å². The van der Waals surface area contributed by atoms with Crippen molar-refractivity contribution < 1.29 is 8.83 Å². The Hall–Kier alpha value is -2.38. The van der Waals surface area contributed by atoms with Crippen molar-refractivity contribution in [2.45, 2.75) is 24.3 Å². The lowest BCUT2D eigenvalue weighted by Gasteiger charge is -1.98. The molecule has 3 heterocycles. The molecule has 0 aliphatic rings. The van der Waals surface area contributed by atoms with Gasteiger partial charge >= 0.3 is 0 Å². The monoisotopic (exact) mass is 369 g/mol. The van der Waals surface area contributed by atoms with Crippen LogP contribution in [0.25, 0.3) is 22.2 Å². The molecule has 5 nitrogen and oxygen atoms in total. The smallest absolute Gasteiger partial charge is 0.284 e. The first kappa shape index (κ1) is 16.1. The molecular formula is C18H15N3O2S2. The highest BCUT2D eigenvalue weighted by Gasteiger charge is 2.12. The lowest BCUT2D eigenvalue weighted by atomic mass is 10.1. The number of rotatable bonds is 6. The van der Waals surface area contributed by atoms with E-state index in [9.17, 15) is 0 Å². The number of hydrogen-bond donors (Lipinski definition) is 0. The van der Waals surface area contributed by atoms with E-state index in [1.54, 1.807) is 29.7 Å². The Labute approximate surface area is 153 Å². The van der Waals surface area contributed by atoms with E-state index in [1.165, 1.54) is 17.3 Å². The van der Waals surface area contributed by atoms with Crippen LogP contribution in [-0.4, -0.2) is 15.2 Å². The Kier molecular flexibility index (Phi) is 4.67. The average Bonchev–Trinajstić information content (AvgIpc) is 3.41. The van der Waals surface area contributed by atoms with Crippen LogP contribution in [0.4, 0.5) is 0 Å². The van der Waals surface area contributed by atoms with Crippen molar-refractivity contribution in [3.05, 3.63) is 59.3 Å². The zero-order valence-corrected chi connectivity index (χ0v) is 15.1. The minimum Gasteiger partial charge on any atom is -0.459 e. The van der Waals surface area contributed by atoms with Crippen molar-refractivity contribution in [3.8, 4) is 22.2 Å². The summed E-state index contributed by atoms with van der Waals surface area (Å²) in [5.41, 5.74) is 3.48. The van der Waals surface area contributed by atoms with E-state index in [-0.39, 0.29) is 0 Å². The van der Waals surface area contributed by atoms with Crippen LogP contribution in [0.1, 0.15) is 18.2 Å². The molecule has 1 aromatic carbocycles. The molecule has 0 unspecified atom stereocenters. The van der Waals surface area contributed by atoms with Gasteiger partial charge in [-0.05, 0) is 24.1 Å². The van der Waals surface area contributed by atoms with E-state index in [1.807, 2.05) is 0 Å². The third kappa shape index (κ3) is 3.67. The molecule has 4 rings (SSSR count).